The molecule has 1 aliphatic heterocycles. The normalized spacial score (nSPS) is 20.5. The van der Waals surface area contributed by atoms with Crippen LogP contribution < -0.4 is 5.32 Å². The summed E-state index contributed by atoms with van der Waals surface area (Å²) in [5, 5.41) is 3.11. The quantitative estimate of drug-likeness (QED) is 0.501. The van der Waals surface area contributed by atoms with Gasteiger partial charge in [-0.05, 0) is 6.92 Å². The van der Waals surface area contributed by atoms with Crippen LogP contribution in [0.15, 0.2) is 11.8 Å². The number of hydrogen-bond donors (Lipinski definition) is 1. The molecule has 1 N–H and O–H groups in total. The third kappa shape index (κ3) is 3.94. The molecule has 13 heavy (non-hydrogen) atoms. The maximum absolute atomic E-state index is 11.0. The predicted molar refractivity (Wildman–Crippen MR) is 48.2 cm³/mol. The highest BCUT2D eigenvalue weighted by atomic mass is 16.5. The maximum Gasteiger partial charge on any atom is 0.332 e. The Balaban J connectivity index is 2.42. The summed E-state index contributed by atoms with van der Waals surface area (Å²) in [4.78, 5) is 11.0. The van der Waals surface area contributed by atoms with Crippen molar-refractivity contribution in [3.8, 4) is 0 Å². The fourth-order valence-corrected chi connectivity index (χ4v) is 1.11. The van der Waals surface area contributed by atoms with Gasteiger partial charge in [0.05, 0.1) is 19.8 Å². The third-order valence-corrected chi connectivity index (χ3v) is 1.69. The van der Waals surface area contributed by atoms with Gasteiger partial charge < -0.3 is 14.8 Å². The summed E-state index contributed by atoms with van der Waals surface area (Å²) in [5.41, 5.74) is 0.899. The van der Waals surface area contributed by atoms with Crippen LogP contribution in [-0.2, 0) is 14.3 Å². The van der Waals surface area contributed by atoms with Crippen molar-refractivity contribution in [1.82, 2.24) is 5.32 Å². The minimum Gasteiger partial charge on any atom is -0.463 e. The van der Waals surface area contributed by atoms with Crippen molar-refractivity contribution in [3.63, 3.8) is 0 Å². The van der Waals surface area contributed by atoms with E-state index in [0.717, 1.165) is 18.7 Å². The fourth-order valence-electron chi connectivity index (χ4n) is 1.11. The molecule has 1 rings (SSSR count). The van der Waals surface area contributed by atoms with Gasteiger partial charge in [-0.1, -0.05) is 0 Å². The van der Waals surface area contributed by atoms with Crippen LogP contribution in [0.3, 0.4) is 0 Å². The van der Waals surface area contributed by atoms with Crippen LogP contribution in [0.4, 0.5) is 0 Å². The second kappa shape index (κ2) is 5.59. The Labute approximate surface area is 77.9 Å². The molecule has 0 aromatic heterocycles. The lowest BCUT2D eigenvalue weighted by Gasteiger charge is -2.04. The number of rotatable bonds is 2. The molecule has 4 nitrogen and oxygen atoms in total. The molecule has 1 heterocycles. The van der Waals surface area contributed by atoms with Gasteiger partial charge in [0.1, 0.15) is 0 Å². The number of carbonyl (C=O) groups excluding carboxylic acids is 1. The predicted octanol–water partition coefficient (Wildman–Crippen LogP) is 0.443. The first-order chi connectivity index (χ1) is 6.33. The Morgan fingerprint density at radius 3 is 3.31 bits per heavy atom. The number of nitrogens with one attached hydrogen (secondary N) is 1. The van der Waals surface area contributed by atoms with Gasteiger partial charge >= 0.3 is 5.97 Å². The van der Waals surface area contributed by atoms with Crippen LogP contribution in [-0.4, -0.2) is 32.3 Å². The standard InChI is InChI=1S/C9H15NO3/c1-2-13-9(11)7-8-3-5-12-6-4-10-8/h7,10H,2-6H2,1H3/b8-7+. The Hall–Kier alpha value is -1.03. The molecule has 74 valence electrons. The largest absolute Gasteiger partial charge is 0.463 e. The van der Waals surface area contributed by atoms with Crippen LogP contribution in [0.2, 0.25) is 0 Å². The molecule has 0 radical (unpaired) electrons. The zero-order chi connectivity index (χ0) is 9.52. The van der Waals surface area contributed by atoms with E-state index in [4.69, 9.17) is 9.47 Å². The zero-order valence-electron chi connectivity index (χ0n) is 7.84. The lowest BCUT2D eigenvalue weighted by Crippen LogP contribution is -2.16. The van der Waals surface area contributed by atoms with Crippen molar-refractivity contribution >= 4 is 5.97 Å². The van der Waals surface area contributed by atoms with E-state index in [-0.39, 0.29) is 5.97 Å². The molecule has 0 spiro atoms. The van der Waals surface area contributed by atoms with Crippen molar-refractivity contribution in [2.45, 2.75) is 13.3 Å². The summed E-state index contributed by atoms with van der Waals surface area (Å²) in [5.74, 6) is -0.285. The van der Waals surface area contributed by atoms with Crippen molar-refractivity contribution in [1.29, 1.82) is 0 Å². The molecule has 0 aromatic carbocycles. The Bertz CT molecular complexity index is 191. The van der Waals surface area contributed by atoms with E-state index in [2.05, 4.69) is 5.32 Å². The number of hydrogen-bond acceptors (Lipinski definition) is 4. The van der Waals surface area contributed by atoms with Crippen LogP contribution in [0.25, 0.3) is 0 Å². The van der Waals surface area contributed by atoms with Gasteiger partial charge in [-0.3, -0.25) is 0 Å². The molecule has 0 atom stereocenters. The molecule has 4 heteroatoms. The molecule has 1 saturated heterocycles. The minimum absolute atomic E-state index is 0.285. The van der Waals surface area contributed by atoms with Crippen molar-refractivity contribution in [2.75, 3.05) is 26.4 Å². The maximum atomic E-state index is 11.0. The Morgan fingerprint density at radius 1 is 1.69 bits per heavy atom. The molecule has 0 unspecified atom stereocenters. The van der Waals surface area contributed by atoms with E-state index in [0.29, 0.717) is 19.8 Å². The molecular formula is C9H15NO3. The molecule has 0 aliphatic carbocycles. The van der Waals surface area contributed by atoms with E-state index in [9.17, 15) is 4.79 Å². The van der Waals surface area contributed by atoms with E-state index >= 15 is 0 Å². The van der Waals surface area contributed by atoms with Crippen LogP contribution in [0, 0.1) is 0 Å². The summed E-state index contributed by atoms with van der Waals surface area (Å²) >= 11 is 0. The van der Waals surface area contributed by atoms with Crippen molar-refractivity contribution in [3.05, 3.63) is 11.8 Å². The second-order valence-electron chi connectivity index (χ2n) is 2.71. The Kier molecular flexibility index (Phi) is 4.32. The number of esters is 1. The van der Waals surface area contributed by atoms with Crippen LogP contribution in [0.1, 0.15) is 13.3 Å². The fraction of sp³-hybridized carbons (Fsp3) is 0.667. The van der Waals surface area contributed by atoms with Gasteiger partial charge in [-0.2, -0.15) is 0 Å². The Morgan fingerprint density at radius 2 is 2.54 bits per heavy atom. The molecule has 0 saturated carbocycles. The van der Waals surface area contributed by atoms with Gasteiger partial charge in [0.15, 0.2) is 0 Å². The SMILES string of the molecule is CCOC(=O)/C=C1\CCOCCN1. The lowest BCUT2D eigenvalue weighted by molar-refractivity contribution is -0.137. The number of carbonyl (C=O) groups is 1. The van der Waals surface area contributed by atoms with Gasteiger partial charge in [-0.25, -0.2) is 4.79 Å². The van der Waals surface area contributed by atoms with Crippen LogP contribution in [0.5, 0.6) is 0 Å². The first kappa shape index (κ1) is 10.1. The average molecular weight is 185 g/mol. The molecule has 0 aromatic rings. The van der Waals surface area contributed by atoms with Crippen LogP contribution >= 0.6 is 0 Å². The smallest absolute Gasteiger partial charge is 0.332 e. The second-order valence-corrected chi connectivity index (χ2v) is 2.71. The van der Waals surface area contributed by atoms with E-state index in [1.165, 1.54) is 6.08 Å². The molecule has 0 bridgehead atoms. The summed E-state index contributed by atoms with van der Waals surface area (Å²) in [6.07, 6.45) is 2.25. The summed E-state index contributed by atoms with van der Waals surface area (Å²) in [6, 6.07) is 0. The highest BCUT2D eigenvalue weighted by Gasteiger charge is 2.05. The first-order valence-electron chi connectivity index (χ1n) is 4.52. The molecule has 1 fully saturated rings. The first-order valence-corrected chi connectivity index (χ1v) is 4.52. The topological polar surface area (TPSA) is 47.6 Å². The molecule has 0 amide bonds. The summed E-state index contributed by atoms with van der Waals surface area (Å²) < 4.78 is 10.0. The van der Waals surface area contributed by atoms with Gasteiger partial charge in [-0.15, -0.1) is 0 Å². The van der Waals surface area contributed by atoms with E-state index in [1.807, 2.05) is 0 Å². The highest BCUT2D eigenvalue weighted by Crippen LogP contribution is 2.01. The van der Waals surface area contributed by atoms with Gasteiger partial charge in [0, 0.05) is 24.7 Å². The number of ether oxygens (including phenoxy) is 2. The van der Waals surface area contributed by atoms with Crippen molar-refractivity contribution < 1.29 is 14.3 Å². The summed E-state index contributed by atoms with van der Waals surface area (Å²) in [6.45, 7) is 4.32. The van der Waals surface area contributed by atoms with Crippen molar-refractivity contribution in [2.24, 2.45) is 0 Å². The van der Waals surface area contributed by atoms with Gasteiger partial charge in [0.25, 0.3) is 0 Å². The highest BCUT2D eigenvalue weighted by molar-refractivity contribution is 5.82. The van der Waals surface area contributed by atoms with Gasteiger partial charge in [0.2, 0.25) is 0 Å². The zero-order valence-corrected chi connectivity index (χ0v) is 7.84. The molecule has 1 aliphatic rings. The van der Waals surface area contributed by atoms with E-state index in [1.54, 1.807) is 6.92 Å². The minimum atomic E-state index is -0.285. The van der Waals surface area contributed by atoms with E-state index < -0.39 is 0 Å². The average Bonchev–Trinajstić information content (AvgIpc) is 2.33. The summed E-state index contributed by atoms with van der Waals surface area (Å²) in [7, 11) is 0. The monoisotopic (exact) mass is 185 g/mol. The third-order valence-electron chi connectivity index (χ3n) is 1.69. The molecular weight excluding hydrogens is 170 g/mol. The lowest BCUT2D eigenvalue weighted by atomic mass is 10.3.